The van der Waals surface area contributed by atoms with E-state index in [9.17, 15) is 4.79 Å². The Balaban J connectivity index is 2.06. The molecule has 0 spiro atoms. The van der Waals surface area contributed by atoms with E-state index < -0.39 is 0 Å². The molecule has 0 saturated carbocycles. The summed E-state index contributed by atoms with van der Waals surface area (Å²) in [7, 11) is 1.55. The Morgan fingerprint density at radius 3 is 2.90 bits per heavy atom. The van der Waals surface area contributed by atoms with Crippen LogP contribution in [0.5, 0.6) is 5.88 Å². The number of nitrogens with one attached hydrogen (secondary N) is 1. The van der Waals surface area contributed by atoms with Gasteiger partial charge in [0.1, 0.15) is 5.15 Å². The minimum Gasteiger partial charge on any atom is -0.481 e. The summed E-state index contributed by atoms with van der Waals surface area (Å²) in [6.07, 6.45) is 2.36. The second-order valence-electron chi connectivity index (χ2n) is 4.41. The van der Waals surface area contributed by atoms with Crippen molar-refractivity contribution in [3.63, 3.8) is 0 Å². The van der Waals surface area contributed by atoms with Crippen LogP contribution in [-0.2, 0) is 13.0 Å². The minimum atomic E-state index is -0.190. The van der Waals surface area contributed by atoms with Crippen LogP contribution in [0, 0.1) is 0 Å². The Bertz CT molecular complexity index is 647. The normalized spacial score (nSPS) is 10.2. The third-order valence-corrected chi connectivity index (χ3v) is 3.13. The Hall–Kier alpha value is -2.14. The molecule has 0 aromatic carbocycles. The summed E-state index contributed by atoms with van der Waals surface area (Å²) in [5.74, 6) is 0.326. The van der Waals surface area contributed by atoms with Gasteiger partial charge in [-0.2, -0.15) is 0 Å². The van der Waals surface area contributed by atoms with Crippen molar-refractivity contribution in [1.82, 2.24) is 15.3 Å². The van der Waals surface area contributed by atoms with E-state index >= 15 is 0 Å². The predicted molar refractivity (Wildman–Crippen MR) is 80.6 cm³/mol. The Morgan fingerprint density at radius 2 is 2.19 bits per heavy atom. The second-order valence-corrected chi connectivity index (χ2v) is 4.80. The van der Waals surface area contributed by atoms with Gasteiger partial charge >= 0.3 is 0 Å². The van der Waals surface area contributed by atoms with Crippen molar-refractivity contribution in [1.29, 1.82) is 0 Å². The van der Waals surface area contributed by atoms with E-state index in [2.05, 4.69) is 15.3 Å². The number of carbonyl (C=O) groups is 1. The number of aryl methyl sites for hydroxylation is 1. The van der Waals surface area contributed by atoms with Crippen molar-refractivity contribution in [2.24, 2.45) is 0 Å². The SMILES string of the molecule is CCc1cc(C(=O)NCc2ccnc(OC)c2)cc(Cl)n1. The largest absolute Gasteiger partial charge is 0.481 e. The van der Waals surface area contributed by atoms with E-state index in [0.717, 1.165) is 17.7 Å². The van der Waals surface area contributed by atoms with Crippen LogP contribution in [0.15, 0.2) is 30.5 Å². The number of nitrogens with zero attached hydrogens (tertiary/aromatic N) is 2. The van der Waals surface area contributed by atoms with Gasteiger partial charge in [-0.05, 0) is 30.2 Å². The van der Waals surface area contributed by atoms with E-state index in [-0.39, 0.29) is 5.91 Å². The molecule has 1 amide bonds. The minimum absolute atomic E-state index is 0.190. The molecule has 2 heterocycles. The van der Waals surface area contributed by atoms with Crippen LogP contribution in [0.25, 0.3) is 0 Å². The maximum Gasteiger partial charge on any atom is 0.251 e. The summed E-state index contributed by atoms with van der Waals surface area (Å²) in [5.41, 5.74) is 2.21. The zero-order chi connectivity index (χ0) is 15.2. The van der Waals surface area contributed by atoms with Crippen LogP contribution in [0.4, 0.5) is 0 Å². The van der Waals surface area contributed by atoms with Gasteiger partial charge in [0.2, 0.25) is 5.88 Å². The lowest BCUT2D eigenvalue weighted by Gasteiger charge is -2.08. The molecule has 2 aromatic heterocycles. The fourth-order valence-electron chi connectivity index (χ4n) is 1.82. The molecule has 0 bridgehead atoms. The monoisotopic (exact) mass is 305 g/mol. The Kier molecular flexibility index (Phi) is 5.11. The highest BCUT2D eigenvalue weighted by molar-refractivity contribution is 6.29. The molecule has 2 rings (SSSR count). The van der Waals surface area contributed by atoms with Crippen LogP contribution in [-0.4, -0.2) is 23.0 Å². The number of amides is 1. The van der Waals surface area contributed by atoms with Crippen LogP contribution in [0.3, 0.4) is 0 Å². The van der Waals surface area contributed by atoms with Crippen molar-refractivity contribution >= 4 is 17.5 Å². The molecule has 0 saturated heterocycles. The van der Waals surface area contributed by atoms with E-state index in [4.69, 9.17) is 16.3 Å². The molecule has 21 heavy (non-hydrogen) atoms. The molecule has 0 aliphatic heterocycles. The van der Waals surface area contributed by atoms with Gasteiger partial charge in [0, 0.05) is 30.1 Å². The molecular formula is C15H16ClN3O2. The number of aromatic nitrogens is 2. The lowest BCUT2D eigenvalue weighted by atomic mass is 10.2. The van der Waals surface area contributed by atoms with E-state index in [1.54, 1.807) is 31.5 Å². The second kappa shape index (κ2) is 7.04. The Labute approximate surface area is 128 Å². The fourth-order valence-corrected chi connectivity index (χ4v) is 2.05. The number of rotatable bonds is 5. The fraction of sp³-hybridized carbons (Fsp3) is 0.267. The van der Waals surface area contributed by atoms with Gasteiger partial charge < -0.3 is 10.1 Å². The first-order valence-electron chi connectivity index (χ1n) is 6.56. The quantitative estimate of drug-likeness (QED) is 0.863. The van der Waals surface area contributed by atoms with Crippen LogP contribution in [0.2, 0.25) is 5.15 Å². The van der Waals surface area contributed by atoms with Crippen molar-refractivity contribution in [3.8, 4) is 5.88 Å². The highest BCUT2D eigenvalue weighted by Crippen LogP contribution is 2.12. The summed E-state index contributed by atoms with van der Waals surface area (Å²) in [5, 5.41) is 3.16. The zero-order valence-electron chi connectivity index (χ0n) is 11.9. The molecule has 1 N–H and O–H groups in total. The summed E-state index contributed by atoms with van der Waals surface area (Å²) in [4.78, 5) is 20.3. The highest BCUT2D eigenvalue weighted by Gasteiger charge is 2.09. The summed E-state index contributed by atoms with van der Waals surface area (Å²) in [6.45, 7) is 2.35. The van der Waals surface area contributed by atoms with Crippen molar-refractivity contribution in [2.75, 3.05) is 7.11 Å². The molecule has 0 atom stereocenters. The molecule has 0 unspecified atom stereocenters. The average Bonchev–Trinajstić information content (AvgIpc) is 2.52. The molecule has 6 heteroatoms. The number of methoxy groups -OCH3 is 1. The average molecular weight is 306 g/mol. The van der Waals surface area contributed by atoms with Crippen molar-refractivity contribution in [3.05, 3.63) is 52.4 Å². The smallest absolute Gasteiger partial charge is 0.251 e. The first kappa shape index (κ1) is 15.3. The van der Waals surface area contributed by atoms with Crippen LogP contribution >= 0.6 is 11.6 Å². The molecular weight excluding hydrogens is 290 g/mol. The molecule has 0 radical (unpaired) electrons. The van der Waals surface area contributed by atoms with E-state index in [1.165, 1.54) is 0 Å². The van der Waals surface area contributed by atoms with Crippen molar-refractivity contribution < 1.29 is 9.53 Å². The van der Waals surface area contributed by atoms with Crippen LogP contribution in [0.1, 0.15) is 28.5 Å². The standard InChI is InChI=1S/C15H16ClN3O2/c1-3-12-7-11(8-13(16)19-12)15(20)18-9-10-4-5-17-14(6-10)21-2/h4-8H,3,9H2,1-2H3,(H,18,20). The number of hydrogen-bond donors (Lipinski definition) is 1. The molecule has 0 aliphatic carbocycles. The van der Waals surface area contributed by atoms with Gasteiger partial charge in [0.15, 0.2) is 0 Å². The number of carbonyl (C=O) groups excluding carboxylic acids is 1. The van der Waals surface area contributed by atoms with E-state index in [0.29, 0.717) is 23.1 Å². The molecule has 0 aliphatic rings. The number of halogens is 1. The summed E-state index contributed by atoms with van der Waals surface area (Å²) >= 11 is 5.91. The van der Waals surface area contributed by atoms with E-state index in [1.807, 2.05) is 13.0 Å². The molecule has 110 valence electrons. The molecule has 2 aromatic rings. The first-order chi connectivity index (χ1) is 10.1. The number of pyridine rings is 2. The third-order valence-electron chi connectivity index (χ3n) is 2.93. The van der Waals surface area contributed by atoms with Gasteiger partial charge in [-0.1, -0.05) is 18.5 Å². The maximum absolute atomic E-state index is 12.1. The molecule has 5 nitrogen and oxygen atoms in total. The van der Waals surface area contributed by atoms with Gasteiger partial charge in [-0.25, -0.2) is 9.97 Å². The Morgan fingerprint density at radius 1 is 1.38 bits per heavy atom. The highest BCUT2D eigenvalue weighted by atomic mass is 35.5. The topological polar surface area (TPSA) is 64.1 Å². The van der Waals surface area contributed by atoms with Gasteiger partial charge in [-0.15, -0.1) is 0 Å². The first-order valence-corrected chi connectivity index (χ1v) is 6.93. The lowest BCUT2D eigenvalue weighted by Crippen LogP contribution is -2.23. The third kappa shape index (κ3) is 4.16. The summed E-state index contributed by atoms with van der Waals surface area (Å²) in [6, 6.07) is 6.90. The van der Waals surface area contributed by atoms with Crippen molar-refractivity contribution in [2.45, 2.75) is 19.9 Å². The number of ether oxygens (including phenoxy) is 1. The van der Waals surface area contributed by atoms with Crippen LogP contribution < -0.4 is 10.1 Å². The lowest BCUT2D eigenvalue weighted by molar-refractivity contribution is 0.0950. The van der Waals surface area contributed by atoms with Gasteiger partial charge in [0.25, 0.3) is 5.91 Å². The maximum atomic E-state index is 12.1. The molecule has 0 fully saturated rings. The zero-order valence-corrected chi connectivity index (χ0v) is 12.6. The van der Waals surface area contributed by atoms with Gasteiger partial charge in [-0.3, -0.25) is 4.79 Å². The predicted octanol–water partition coefficient (Wildman–Crippen LogP) is 2.63. The van der Waals surface area contributed by atoms with Gasteiger partial charge in [0.05, 0.1) is 7.11 Å². The summed E-state index contributed by atoms with van der Waals surface area (Å²) < 4.78 is 5.04. The number of hydrogen-bond acceptors (Lipinski definition) is 4.